The summed E-state index contributed by atoms with van der Waals surface area (Å²) in [5, 5.41) is 9.32. The third-order valence-corrected chi connectivity index (χ3v) is 8.13. The molecular formula is C34H30N8O4. The summed E-state index contributed by atoms with van der Waals surface area (Å²) in [6, 6.07) is 13.5. The molecule has 3 amide bonds. The minimum Gasteiger partial charge on any atom is -0.452 e. The van der Waals surface area contributed by atoms with Crippen LogP contribution in [-0.2, 0) is 11.8 Å². The molecule has 4 aromatic heterocycles. The highest BCUT2D eigenvalue weighted by molar-refractivity contribution is 6.16. The molecule has 12 heteroatoms. The van der Waals surface area contributed by atoms with Gasteiger partial charge in [-0.25, -0.2) is 9.78 Å². The second-order valence-electron chi connectivity index (χ2n) is 11.2. The van der Waals surface area contributed by atoms with Gasteiger partial charge in [0.1, 0.15) is 11.4 Å². The van der Waals surface area contributed by atoms with Crippen molar-refractivity contribution in [3.8, 4) is 5.75 Å². The van der Waals surface area contributed by atoms with Crippen molar-refractivity contribution in [2.75, 3.05) is 33.9 Å². The van der Waals surface area contributed by atoms with E-state index in [2.05, 4.69) is 35.8 Å². The number of fused-ring (bicyclic) bond motifs is 2. The number of carbonyl (C=O) groups is 3. The third kappa shape index (κ3) is 5.75. The molecule has 12 nitrogen and oxygen atoms in total. The van der Waals surface area contributed by atoms with Crippen molar-refractivity contribution >= 4 is 57.6 Å². The van der Waals surface area contributed by atoms with E-state index in [-0.39, 0.29) is 23.4 Å². The Hall–Kier alpha value is -6.04. The summed E-state index contributed by atoms with van der Waals surface area (Å²) in [6.45, 7) is 1.39. The molecule has 3 N–H and O–H groups in total. The lowest BCUT2D eigenvalue weighted by Crippen LogP contribution is -2.38. The number of allylic oxidation sites excluding steroid dienone is 1. The van der Waals surface area contributed by atoms with Crippen molar-refractivity contribution in [1.82, 2.24) is 19.5 Å². The molecule has 0 aliphatic carbocycles. The summed E-state index contributed by atoms with van der Waals surface area (Å²) < 4.78 is 7.92. The lowest BCUT2D eigenvalue weighted by atomic mass is 9.95. The van der Waals surface area contributed by atoms with E-state index in [9.17, 15) is 14.4 Å². The molecule has 0 radical (unpaired) electrons. The van der Waals surface area contributed by atoms with Crippen molar-refractivity contribution in [2.24, 2.45) is 13.0 Å². The second-order valence-corrected chi connectivity index (χ2v) is 11.2. The number of piperidine rings is 1. The number of pyridine rings is 3. The van der Waals surface area contributed by atoms with Gasteiger partial charge in [0.15, 0.2) is 5.76 Å². The SMILES string of the molecule is Cn1cc(C=C2Oc3ccc(NC(=O)Nc4cccnc4)cc3C2=O)c2c(N3CCC(C(=O)Nc4cccnc4)CC3)ccnc21. The lowest BCUT2D eigenvalue weighted by Gasteiger charge is -2.33. The zero-order chi connectivity index (χ0) is 31.6. The number of ketones is 1. The molecule has 0 saturated carbocycles. The fourth-order valence-electron chi connectivity index (χ4n) is 5.89. The van der Waals surface area contributed by atoms with Crippen LogP contribution >= 0.6 is 0 Å². The van der Waals surface area contributed by atoms with E-state index >= 15 is 0 Å². The van der Waals surface area contributed by atoms with E-state index < -0.39 is 6.03 Å². The first-order valence-electron chi connectivity index (χ1n) is 14.9. The molecule has 2 aliphatic rings. The number of anilines is 4. The summed E-state index contributed by atoms with van der Waals surface area (Å²) in [4.78, 5) is 53.8. The first-order chi connectivity index (χ1) is 22.4. The van der Waals surface area contributed by atoms with Gasteiger partial charge in [0, 0.05) is 73.2 Å². The van der Waals surface area contributed by atoms with Gasteiger partial charge in [-0.3, -0.25) is 19.6 Å². The molecule has 7 rings (SSSR count). The highest BCUT2D eigenvalue weighted by Gasteiger charge is 2.30. The van der Waals surface area contributed by atoms with Crippen LogP contribution in [0.15, 0.2) is 91.5 Å². The smallest absolute Gasteiger partial charge is 0.323 e. The number of rotatable bonds is 6. The van der Waals surface area contributed by atoms with Crippen LogP contribution in [0.1, 0.15) is 28.8 Å². The van der Waals surface area contributed by atoms with Crippen LogP contribution in [0, 0.1) is 5.92 Å². The largest absolute Gasteiger partial charge is 0.452 e. The van der Waals surface area contributed by atoms with Crippen LogP contribution in [0.5, 0.6) is 5.75 Å². The lowest BCUT2D eigenvalue weighted by molar-refractivity contribution is -0.120. The van der Waals surface area contributed by atoms with Crippen LogP contribution in [0.3, 0.4) is 0 Å². The van der Waals surface area contributed by atoms with Crippen molar-refractivity contribution in [1.29, 1.82) is 0 Å². The Morgan fingerprint density at radius 1 is 0.913 bits per heavy atom. The average molecular weight is 615 g/mol. The Kier molecular flexibility index (Phi) is 7.59. The van der Waals surface area contributed by atoms with Crippen molar-refractivity contribution < 1.29 is 19.1 Å². The average Bonchev–Trinajstić information content (AvgIpc) is 3.56. The van der Waals surface area contributed by atoms with E-state index in [1.165, 1.54) is 6.20 Å². The Labute approximate surface area is 264 Å². The van der Waals surface area contributed by atoms with Gasteiger partial charge in [-0.15, -0.1) is 0 Å². The zero-order valence-corrected chi connectivity index (χ0v) is 24.9. The summed E-state index contributed by atoms with van der Waals surface area (Å²) in [6.07, 6.45) is 13.3. The van der Waals surface area contributed by atoms with E-state index in [4.69, 9.17) is 4.74 Å². The normalized spacial score (nSPS) is 15.5. The quantitative estimate of drug-likeness (QED) is 0.214. The number of urea groups is 1. The van der Waals surface area contributed by atoms with Crippen molar-refractivity contribution in [3.05, 3.63) is 103 Å². The van der Waals surface area contributed by atoms with Gasteiger partial charge in [-0.1, -0.05) is 0 Å². The van der Waals surface area contributed by atoms with Gasteiger partial charge in [0.05, 0.1) is 29.3 Å². The first-order valence-corrected chi connectivity index (χ1v) is 14.9. The third-order valence-electron chi connectivity index (χ3n) is 8.13. The molecule has 0 atom stereocenters. The molecule has 230 valence electrons. The number of amides is 3. The monoisotopic (exact) mass is 614 g/mol. The van der Waals surface area contributed by atoms with E-state index in [1.54, 1.807) is 67.3 Å². The molecule has 0 unspecified atom stereocenters. The Morgan fingerprint density at radius 3 is 2.35 bits per heavy atom. The predicted octanol–water partition coefficient (Wildman–Crippen LogP) is 5.48. The molecule has 2 aliphatic heterocycles. The van der Waals surface area contributed by atoms with Gasteiger partial charge >= 0.3 is 6.03 Å². The summed E-state index contributed by atoms with van der Waals surface area (Å²) in [7, 11) is 1.91. The molecule has 0 bridgehead atoms. The first kappa shape index (κ1) is 28.7. The van der Waals surface area contributed by atoms with E-state index in [0.29, 0.717) is 54.3 Å². The number of hydrogen-bond acceptors (Lipinski definition) is 8. The fraction of sp³-hybridized carbons (Fsp3) is 0.176. The number of nitrogens with one attached hydrogen (secondary N) is 3. The Balaban J connectivity index is 1.08. The number of benzene rings is 1. The molecular weight excluding hydrogens is 584 g/mol. The predicted molar refractivity (Wildman–Crippen MR) is 175 cm³/mol. The van der Waals surface area contributed by atoms with Gasteiger partial charge in [-0.05, 0) is 67.4 Å². The van der Waals surface area contributed by atoms with Crippen LogP contribution in [-0.4, -0.2) is 50.3 Å². The minimum absolute atomic E-state index is 0.00148. The number of aryl methyl sites for hydroxylation is 1. The minimum atomic E-state index is -0.455. The van der Waals surface area contributed by atoms with Crippen molar-refractivity contribution in [3.63, 3.8) is 0 Å². The number of carbonyl (C=O) groups excluding carboxylic acids is 3. The molecule has 1 aromatic carbocycles. The fourth-order valence-corrected chi connectivity index (χ4v) is 5.89. The summed E-state index contributed by atoms with van der Waals surface area (Å²) in [5.41, 5.74) is 4.60. The standard InChI is InChI=1S/C34H30N8O4/c1-41-20-22(16-29-31(43)26-17-23(6-7-28(26)46-29)39-34(45)40-25-5-3-12-36-19-25)30-27(8-13-37-32(30)41)42-14-9-21(10-15-42)33(44)38-24-4-2-11-35-18-24/h2-8,11-13,16-21H,9-10,14-15H2,1H3,(H,38,44)(H2,39,40,45). The maximum atomic E-state index is 13.5. The second kappa shape index (κ2) is 12.2. The van der Waals surface area contributed by atoms with Crippen LogP contribution in [0.25, 0.3) is 17.1 Å². The highest BCUT2D eigenvalue weighted by Crippen LogP contribution is 2.37. The molecule has 0 spiro atoms. The number of hydrogen-bond donors (Lipinski definition) is 3. The number of ether oxygens (including phenoxy) is 1. The molecule has 1 saturated heterocycles. The Morgan fingerprint density at radius 2 is 1.63 bits per heavy atom. The highest BCUT2D eigenvalue weighted by atomic mass is 16.5. The maximum absolute atomic E-state index is 13.5. The maximum Gasteiger partial charge on any atom is 0.323 e. The van der Waals surface area contributed by atoms with Gasteiger partial charge in [0.2, 0.25) is 11.7 Å². The van der Waals surface area contributed by atoms with E-state index in [0.717, 1.165) is 22.3 Å². The van der Waals surface area contributed by atoms with Crippen LogP contribution in [0.4, 0.5) is 27.5 Å². The van der Waals surface area contributed by atoms with Crippen molar-refractivity contribution in [2.45, 2.75) is 12.8 Å². The van der Waals surface area contributed by atoms with Crippen LogP contribution < -0.4 is 25.6 Å². The number of nitrogens with zero attached hydrogens (tertiary/aromatic N) is 5. The summed E-state index contributed by atoms with van der Waals surface area (Å²) in [5.74, 6) is 0.213. The zero-order valence-electron chi connectivity index (χ0n) is 24.9. The molecule has 6 heterocycles. The molecule has 1 fully saturated rings. The summed E-state index contributed by atoms with van der Waals surface area (Å²) >= 11 is 0. The molecule has 46 heavy (non-hydrogen) atoms. The van der Waals surface area contributed by atoms with Gasteiger partial charge in [0.25, 0.3) is 0 Å². The number of aromatic nitrogens is 4. The van der Waals surface area contributed by atoms with E-state index in [1.807, 2.05) is 29.9 Å². The topological polar surface area (TPSA) is 143 Å². The molecule has 5 aromatic rings. The van der Waals surface area contributed by atoms with Gasteiger partial charge in [-0.2, -0.15) is 0 Å². The van der Waals surface area contributed by atoms with Gasteiger partial charge < -0.3 is 30.2 Å². The van der Waals surface area contributed by atoms with Crippen LogP contribution in [0.2, 0.25) is 0 Å². The Bertz CT molecular complexity index is 1980. The number of Topliss-reactive ketones (excluding diaryl/α,β-unsaturated/α-hetero) is 1.